The van der Waals surface area contributed by atoms with Crippen molar-refractivity contribution < 1.29 is 9.66 Å². The van der Waals surface area contributed by atoms with Gasteiger partial charge in [-0.1, -0.05) is 6.07 Å². The fourth-order valence-electron chi connectivity index (χ4n) is 3.29. The van der Waals surface area contributed by atoms with Gasteiger partial charge in [-0.2, -0.15) is 14.9 Å². The summed E-state index contributed by atoms with van der Waals surface area (Å²) in [4.78, 5) is 10.3. The van der Waals surface area contributed by atoms with Gasteiger partial charge in [0.1, 0.15) is 12.4 Å². The second-order valence-corrected chi connectivity index (χ2v) is 7.16. The molecule has 0 fully saturated rings. The van der Waals surface area contributed by atoms with Gasteiger partial charge in [-0.3, -0.25) is 10.1 Å². The highest BCUT2D eigenvalue weighted by Crippen LogP contribution is 2.25. The van der Waals surface area contributed by atoms with Crippen LogP contribution in [0.2, 0.25) is 0 Å². The maximum absolute atomic E-state index is 10.7. The smallest absolute Gasteiger partial charge is 0.269 e. The van der Waals surface area contributed by atoms with E-state index in [0.717, 1.165) is 18.6 Å². The molecule has 0 radical (unpaired) electrons. The third kappa shape index (κ3) is 4.40. The number of ether oxygens (including phenoxy) is 1. The van der Waals surface area contributed by atoms with Gasteiger partial charge >= 0.3 is 0 Å². The molecule has 0 amide bonds. The van der Waals surface area contributed by atoms with Gasteiger partial charge in [-0.05, 0) is 78.9 Å². The van der Waals surface area contributed by atoms with E-state index < -0.39 is 4.92 Å². The third-order valence-corrected chi connectivity index (χ3v) is 5.10. The molecule has 0 saturated heterocycles. The molecular formula is C20H19N5O3S. The average Bonchev–Trinajstić information content (AvgIpc) is 3.10. The molecule has 1 N–H and O–H groups in total. The van der Waals surface area contributed by atoms with Gasteiger partial charge < -0.3 is 4.74 Å². The first kappa shape index (κ1) is 19.0. The quantitative estimate of drug-likeness (QED) is 0.285. The van der Waals surface area contributed by atoms with Crippen LogP contribution in [0.1, 0.15) is 35.4 Å². The molecule has 8 nitrogen and oxygen atoms in total. The Hall–Kier alpha value is -3.33. The molecule has 29 heavy (non-hydrogen) atoms. The predicted octanol–water partition coefficient (Wildman–Crippen LogP) is 4.19. The molecule has 0 atom stereocenters. The molecule has 0 bridgehead atoms. The number of nitro benzene ring substituents is 1. The molecule has 148 valence electrons. The molecular weight excluding hydrogens is 390 g/mol. The van der Waals surface area contributed by atoms with Gasteiger partial charge in [-0.25, -0.2) is 5.10 Å². The molecule has 1 aliphatic carbocycles. The molecule has 0 aliphatic heterocycles. The zero-order chi connectivity index (χ0) is 20.2. The Kier molecular flexibility index (Phi) is 5.48. The number of H-pyrrole nitrogens is 1. The number of nitrogens with one attached hydrogen (secondary N) is 1. The van der Waals surface area contributed by atoms with Gasteiger partial charge in [0.05, 0.1) is 11.1 Å². The van der Waals surface area contributed by atoms with Crippen molar-refractivity contribution in [2.24, 2.45) is 5.10 Å². The second-order valence-electron chi connectivity index (χ2n) is 6.78. The van der Waals surface area contributed by atoms with Crippen LogP contribution in [0.4, 0.5) is 5.69 Å². The minimum atomic E-state index is -0.441. The van der Waals surface area contributed by atoms with Gasteiger partial charge in [0.25, 0.3) is 5.69 Å². The summed E-state index contributed by atoms with van der Waals surface area (Å²) in [5.74, 6) is 1.33. The van der Waals surface area contributed by atoms with Crippen LogP contribution in [-0.2, 0) is 19.4 Å². The Morgan fingerprint density at radius 1 is 1.21 bits per heavy atom. The van der Waals surface area contributed by atoms with E-state index in [-0.39, 0.29) is 12.3 Å². The van der Waals surface area contributed by atoms with Crippen LogP contribution in [0.3, 0.4) is 0 Å². The number of nitro groups is 1. The maximum atomic E-state index is 10.7. The van der Waals surface area contributed by atoms with Crippen molar-refractivity contribution in [2.75, 3.05) is 0 Å². The van der Waals surface area contributed by atoms with Gasteiger partial charge in [0.15, 0.2) is 5.82 Å². The first-order valence-corrected chi connectivity index (χ1v) is 9.71. The summed E-state index contributed by atoms with van der Waals surface area (Å²) in [6.07, 6.45) is 6.25. The molecule has 1 heterocycles. The number of aromatic nitrogens is 3. The van der Waals surface area contributed by atoms with Crippen LogP contribution in [0.15, 0.2) is 47.6 Å². The fourth-order valence-corrected chi connectivity index (χ4v) is 3.49. The molecule has 1 aromatic heterocycles. The van der Waals surface area contributed by atoms with Crippen molar-refractivity contribution >= 4 is 24.1 Å². The number of hydrogen-bond donors (Lipinski definition) is 1. The average molecular weight is 409 g/mol. The molecule has 1 aliphatic rings. The summed E-state index contributed by atoms with van der Waals surface area (Å²) in [5, 5.41) is 22.0. The number of benzene rings is 2. The zero-order valence-electron chi connectivity index (χ0n) is 15.6. The Balaban J connectivity index is 1.47. The summed E-state index contributed by atoms with van der Waals surface area (Å²) in [6, 6.07) is 12.3. The van der Waals surface area contributed by atoms with E-state index in [0.29, 0.717) is 16.2 Å². The first-order valence-electron chi connectivity index (χ1n) is 9.30. The predicted molar refractivity (Wildman–Crippen MR) is 111 cm³/mol. The Morgan fingerprint density at radius 3 is 2.72 bits per heavy atom. The molecule has 4 rings (SSSR count). The monoisotopic (exact) mass is 409 g/mol. The Bertz CT molecular complexity index is 1120. The first-order chi connectivity index (χ1) is 14.1. The second kappa shape index (κ2) is 8.36. The van der Waals surface area contributed by atoms with Crippen molar-refractivity contribution in [1.82, 2.24) is 14.9 Å². The highest BCUT2D eigenvalue weighted by Gasteiger charge is 2.11. The van der Waals surface area contributed by atoms with Crippen LogP contribution >= 0.6 is 12.2 Å². The lowest BCUT2D eigenvalue weighted by molar-refractivity contribution is -0.384. The molecule has 9 heteroatoms. The van der Waals surface area contributed by atoms with Crippen LogP contribution in [0.5, 0.6) is 5.75 Å². The molecule has 0 spiro atoms. The highest BCUT2D eigenvalue weighted by atomic mass is 32.1. The lowest BCUT2D eigenvalue weighted by atomic mass is 9.92. The minimum absolute atomic E-state index is 0.0289. The van der Waals surface area contributed by atoms with E-state index in [4.69, 9.17) is 17.0 Å². The SMILES string of the molecule is O=[N+]([O-])c1ccc(/C=N/n2c(COc3ccc4c(c3)CCCC4)n[nH]c2=S)cc1. The number of nitrogens with zero attached hydrogens (tertiary/aromatic N) is 4. The van der Waals surface area contributed by atoms with E-state index in [9.17, 15) is 10.1 Å². The fraction of sp³-hybridized carbons (Fsp3) is 0.250. The third-order valence-electron chi connectivity index (χ3n) is 4.83. The van der Waals surface area contributed by atoms with E-state index in [1.807, 2.05) is 6.07 Å². The Labute approximate surface area is 172 Å². The number of aromatic amines is 1. The number of fused-ring (bicyclic) bond motifs is 1. The summed E-state index contributed by atoms with van der Waals surface area (Å²) >= 11 is 5.24. The summed E-state index contributed by atoms with van der Waals surface area (Å²) in [7, 11) is 0. The van der Waals surface area contributed by atoms with Crippen LogP contribution in [-0.4, -0.2) is 26.0 Å². The van der Waals surface area contributed by atoms with E-state index >= 15 is 0 Å². The lowest BCUT2D eigenvalue weighted by Gasteiger charge is -2.16. The topological polar surface area (TPSA) is 98.3 Å². The number of aryl methyl sites for hydroxylation is 2. The van der Waals surface area contributed by atoms with E-state index in [2.05, 4.69) is 27.4 Å². The minimum Gasteiger partial charge on any atom is -0.486 e. The molecule has 3 aromatic rings. The van der Waals surface area contributed by atoms with Crippen molar-refractivity contribution in [2.45, 2.75) is 32.3 Å². The van der Waals surface area contributed by atoms with Crippen molar-refractivity contribution in [3.05, 3.63) is 79.9 Å². The standard InChI is InChI=1S/C20H19N5O3S/c26-25(27)17-8-5-14(6-9-17)12-21-24-19(22-23-20(24)29)13-28-18-10-7-15-3-1-2-4-16(15)11-18/h5-12H,1-4,13H2,(H,23,29)/b21-12+. The number of hydrogen-bond acceptors (Lipinski definition) is 6. The van der Waals surface area contributed by atoms with Crippen LogP contribution in [0, 0.1) is 14.9 Å². The van der Waals surface area contributed by atoms with Crippen molar-refractivity contribution in [3.8, 4) is 5.75 Å². The van der Waals surface area contributed by atoms with Gasteiger partial charge in [-0.15, -0.1) is 0 Å². The summed E-state index contributed by atoms with van der Waals surface area (Å²) in [5.41, 5.74) is 3.49. The van der Waals surface area contributed by atoms with E-state index in [1.165, 1.54) is 40.8 Å². The van der Waals surface area contributed by atoms with Crippen molar-refractivity contribution in [1.29, 1.82) is 0 Å². The summed E-state index contributed by atoms with van der Waals surface area (Å²) < 4.78 is 7.73. The molecule has 0 saturated carbocycles. The normalized spacial score (nSPS) is 13.4. The number of rotatable bonds is 6. The number of non-ortho nitro benzene ring substituents is 1. The highest BCUT2D eigenvalue weighted by molar-refractivity contribution is 7.71. The largest absolute Gasteiger partial charge is 0.486 e. The van der Waals surface area contributed by atoms with Crippen LogP contribution in [0.25, 0.3) is 0 Å². The lowest BCUT2D eigenvalue weighted by Crippen LogP contribution is -2.06. The zero-order valence-corrected chi connectivity index (χ0v) is 16.4. The molecule has 2 aromatic carbocycles. The molecule has 0 unspecified atom stereocenters. The van der Waals surface area contributed by atoms with Crippen LogP contribution < -0.4 is 4.74 Å². The van der Waals surface area contributed by atoms with E-state index in [1.54, 1.807) is 18.3 Å². The van der Waals surface area contributed by atoms with Gasteiger partial charge in [0, 0.05) is 12.1 Å². The van der Waals surface area contributed by atoms with Crippen molar-refractivity contribution in [3.63, 3.8) is 0 Å². The van der Waals surface area contributed by atoms with Gasteiger partial charge in [0.2, 0.25) is 4.77 Å². The summed E-state index contributed by atoms with van der Waals surface area (Å²) in [6.45, 7) is 0.212. The maximum Gasteiger partial charge on any atom is 0.269 e. The Morgan fingerprint density at radius 2 is 1.97 bits per heavy atom.